The van der Waals surface area contributed by atoms with E-state index in [0.717, 1.165) is 0 Å². The van der Waals surface area contributed by atoms with E-state index in [0.29, 0.717) is 5.92 Å². The third-order valence-electron chi connectivity index (χ3n) is 2.77. The summed E-state index contributed by atoms with van der Waals surface area (Å²) in [5.74, 6) is 0.358. The van der Waals surface area contributed by atoms with E-state index in [1.165, 1.54) is 7.11 Å². The van der Waals surface area contributed by atoms with Crippen LogP contribution in [0.4, 0.5) is 0 Å². The second-order valence-corrected chi connectivity index (χ2v) is 3.87. The largest absolute Gasteiger partial charge is 0.469 e. The first kappa shape index (κ1) is 9.30. The Bertz CT molecular complexity index is 216. The maximum absolute atomic E-state index is 11.2. The second-order valence-electron chi connectivity index (χ2n) is 3.87. The summed E-state index contributed by atoms with van der Waals surface area (Å²) in [6.07, 6.45) is 4.08. The van der Waals surface area contributed by atoms with E-state index in [1.807, 2.05) is 13.0 Å². The van der Waals surface area contributed by atoms with Crippen LogP contribution in [0.15, 0.2) is 12.2 Å². The lowest BCUT2D eigenvalue weighted by atomic mass is 10.1. The molecular weight excluding hydrogens is 152 g/mol. The zero-order valence-corrected chi connectivity index (χ0v) is 8.13. The van der Waals surface area contributed by atoms with Crippen LogP contribution in [0.25, 0.3) is 0 Å². The number of hydrogen-bond acceptors (Lipinski definition) is 2. The molecule has 0 aromatic rings. The highest BCUT2D eigenvalue weighted by molar-refractivity contribution is 5.78. The second kappa shape index (κ2) is 2.92. The molecule has 0 aromatic heterocycles. The zero-order chi connectivity index (χ0) is 9.35. The SMILES string of the molecule is C/C=C\C1[C@@H](C(=O)OC)C1(C)C. The predicted molar refractivity (Wildman–Crippen MR) is 47.6 cm³/mol. The van der Waals surface area contributed by atoms with Crippen molar-refractivity contribution >= 4 is 5.97 Å². The molecule has 1 aliphatic carbocycles. The molecule has 2 atom stereocenters. The van der Waals surface area contributed by atoms with E-state index in [-0.39, 0.29) is 17.3 Å². The van der Waals surface area contributed by atoms with Crippen LogP contribution in [0.1, 0.15) is 20.8 Å². The molecule has 0 radical (unpaired) electrons. The highest BCUT2D eigenvalue weighted by Gasteiger charge is 2.60. The molecule has 0 saturated heterocycles. The van der Waals surface area contributed by atoms with Gasteiger partial charge in [0.15, 0.2) is 0 Å². The van der Waals surface area contributed by atoms with Crippen LogP contribution in [-0.2, 0) is 9.53 Å². The first-order chi connectivity index (χ1) is 5.55. The molecule has 1 aliphatic rings. The van der Waals surface area contributed by atoms with Crippen molar-refractivity contribution < 1.29 is 9.53 Å². The number of carbonyl (C=O) groups is 1. The molecule has 0 aliphatic heterocycles. The molecule has 0 N–H and O–H groups in total. The maximum atomic E-state index is 11.2. The molecule has 0 bridgehead atoms. The molecule has 0 amide bonds. The van der Waals surface area contributed by atoms with Crippen molar-refractivity contribution in [2.75, 3.05) is 7.11 Å². The fraction of sp³-hybridized carbons (Fsp3) is 0.700. The minimum atomic E-state index is -0.0805. The van der Waals surface area contributed by atoms with E-state index in [4.69, 9.17) is 4.74 Å². The molecule has 68 valence electrons. The molecule has 1 saturated carbocycles. The predicted octanol–water partition coefficient (Wildman–Crippen LogP) is 2.01. The summed E-state index contributed by atoms with van der Waals surface area (Å²) in [4.78, 5) is 11.2. The number of ether oxygens (including phenoxy) is 1. The molecule has 1 fully saturated rings. The summed E-state index contributed by atoms with van der Waals surface area (Å²) >= 11 is 0. The molecule has 1 unspecified atom stereocenters. The van der Waals surface area contributed by atoms with Gasteiger partial charge in [0.1, 0.15) is 0 Å². The number of rotatable bonds is 2. The molecule has 12 heavy (non-hydrogen) atoms. The number of allylic oxidation sites excluding steroid dienone is 2. The molecule has 2 nitrogen and oxygen atoms in total. The van der Waals surface area contributed by atoms with Crippen molar-refractivity contribution in [3.8, 4) is 0 Å². The van der Waals surface area contributed by atoms with Gasteiger partial charge in [0.05, 0.1) is 13.0 Å². The van der Waals surface area contributed by atoms with Crippen molar-refractivity contribution in [1.29, 1.82) is 0 Å². The third kappa shape index (κ3) is 1.26. The monoisotopic (exact) mass is 168 g/mol. The summed E-state index contributed by atoms with van der Waals surface area (Å²) < 4.78 is 4.71. The Balaban J connectivity index is 2.66. The maximum Gasteiger partial charge on any atom is 0.309 e. The summed E-state index contributed by atoms with van der Waals surface area (Å²) in [6, 6.07) is 0. The Morgan fingerprint density at radius 1 is 1.50 bits per heavy atom. The standard InChI is InChI=1S/C10H16O2/c1-5-6-7-8(9(11)12-4)10(7,2)3/h5-8H,1-4H3/b6-5-/t7?,8-/m0/s1. The van der Waals surface area contributed by atoms with E-state index in [1.54, 1.807) is 0 Å². The summed E-state index contributed by atoms with van der Waals surface area (Å²) in [7, 11) is 1.45. The van der Waals surface area contributed by atoms with Crippen LogP contribution < -0.4 is 0 Å². The van der Waals surface area contributed by atoms with Gasteiger partial charge in [0.25, 0.3) is 0 Å². The number of methoxy groups -OCH3 is 1. The highest BCUT2D eigenvalue weighted by atomic mass is 16.5. The fourth-order valence-corrected chi connectivity index (χ4v) is 1.82. The average molecular weight is 168 g/mol. The van der Waals surface area contributed by atoms with Gasteiger partial charge in [-0.25, -0.2) is 0 Å². The van der Waals surface area contributed by atoms with Gasteiger partial charge < -0.3 is 4.74 Å². The molecule has 0 heterocycles. The van der Waals surface area contributed by atoms with Crippen LogP contribution in [0.2, 0.25) is 0 Å². The van der Waals surface area contributed by atoms with E-state index in [2.05, 4.69) is 19.9 Å². The first-order valence-corrected chi connectivity index (χ1v) is 4.26. The molecule has 0 spiro atoms. The van der Waals surface area contributed by atoms with Crippen LogP contribution in [0.5, 0.6) is 0 Å². The molecular formula is C10H16O2. The summed E-state index contributed by atoms with van der Waals surface area (Å²) in [5.41, 5.74) is 0.0968. The van der Waals surface area contributed by atoms with Gasteiger partial charge in [-0.2, -0.15) is 0 Å². The van der Waals surface area contributed by atoms with Crippen molar-refractivity contribution in [3.63, 3.8) is 0 Å². The van der Waals surface area contributed by atoms with Crippen LogP contribution >= 0.6 is 0 Å². The highest BCUT2D eigenvalue weighted by Crippen LogP contribution is 2.59. The average Bonchev–Trinajstić information content (AvgIpc) is 2.53. The molecule has 0 aromatic carbocycles. The van der Waals surface area contributed by atoms with Gasteiger partial charge in [-0.3, -0.25) is 4.79 Å². The Labute approximate surface area is 73.6 Å². The Morgan fingerprint density at radius 3 is 2.50 bits per heavy atom. The van der Waals surface area contributed by atoms with Gasteiger partial charge in [-0.1, -0.05) is 26.0 Å². The zero-order valence-electron chi connectivity index (χ0n) is 8.13. The van der Waals surface area contributed by atoms with Gasteiger partial charge >= 0.3 is 5.97 Å². The minimum Gasteiger partial charge on any atom is -0.469 e. The van der Waals surface area contributed by atoms with E-state index < -0.39 is 0 Å². The van der Waals surface area contributed by atoms with Crippen molar-refractivity contribution in [2.45, 2.75) is 20.8 Å². The van der Waals surface area contributed by atoms with E-state index >= 15 is 0 Å². The Hall–Kier alpha value is -0.790. The van der Waals surface area contributed by atoms with Crippen molar-refractivity contribution in [3.05, 3.63) is 12.2 Å². The normalized spacial score (nSPS) is 32.0. The fourth-order valence-electron chi connectivity index (χ4n) is 1.82. The van der Waals surface area contributed by atoms with E-state index in [9.17, 15) is 4.79 Å². The summed E-state index contributed by atoms with van der Waals surface area (Å²) in [5, 5.41) is 0. The van der Waals surface area contributed by atoms with Gasteiger partial charge in [0, 0.05) is 0 Å². The van der Waals surface area contributed by atoms with Gasteiger partial charge in [-0.05, 0) is 18.3 Å². The Kier molecular flexibility index (Phi) is 2.27. The van der Waals surface area contributed by atoms with Crippen LogP contribution in [0, 0.1) is 17.3 Å². The van der Waals surface area contributed by atoms with Crippen molar-refractivity contribution in [1.82, 2.24) is 0 Å². The smallest absolute Gasteiger partial charge is 0.309 e. The van der Waals surface area contributed by atoms with Crippen LogP contribution in [0.3, 0.4) is 0 Å². The lowest BCUT2D eigenvalue weighted by Crippen LogP contribution is -2.07. The molecule has 1 rings (SSSR count). The first-order valence-electron chi connectivity index (χ1n) is 4.26. The number of esters is 1. The number of carbonyl (C=O) groups excluding carboxylic acids is 1. The minimum absolute atomic E-state index is 0.0682. The Morgan fingerprint density at radius 2 is 2.08 bits per heavy atom. The van der Waals surface area contributed by atoms with Gasteiger partial charge in [0.2, 0.25) is 0 Å². The topological polar surface area (TPSA) is 26.3 Å². The lowest BCUT2D eigenvalue weighted by molar-refractivity contribution is -0.143. The third-order valence-corrected chi connectivity index (χ3v) is 2.77. The quantitative estimate of drug-likeness (QED) is 0.465. The van der Waals surface area contributed by atoms with Crippen LogP contribution in [-0.4, -0.2) is 13.1 Å². The molecule has 2 heteroatoms. The lowest BCUT2D eigenvalue weighted by Gasteiger charge is -1.98. The van der Waals surface area contributed by atoms with Crippen molar-refractivity contribution in [2.24, 2.45) is 17.3 Å². The summed E-state index contributed by atoms with van der Waals surface area (Å²) in [6.45, 7) is 6.17. The van der Waals surface area contributed by atoms with Gasteiger partial charge in [-0.15, -0.1) is 0 Å². The number of hydrogen-bond donors (Lipinski definition) is 0.